The molecule has 7 nitrogen and oxygen atoms in total. The zero-order chi connectivity index (χ0) is 17.8. The van der Waals surface area contributed by atoms with Crippen molar-refractivity contribution in [3.8, 4) is 5.88 Å². The van der Waals surface area contributed by atoms with Gasteiger partial charge in [-0.05, 0) is 24.6 Å². The molecule has 3 fully saturated rings. The molecular weight excluding hydrogens is 337 g/mol. The van der Waals surface area contributed by atoms with Crippen LogP contribution < -0.4 is 21.1 Å². The number of nitrogens with two attached hydrogens (primary N) is 1. The molecule has 3 heterocycles. The second kappa shape index (κ2) is 5.78. The van der Waals surface area contributed by atoms with E-state index >= 15 is 0 Å². The summed E-state index contributed by atoms with van der Waals surface area (Å²) in [5, 5.41) is 6.48. The number of hydrogen-bond acceptors (Lipinski definition) is 7. The van der Waals surface area contributed by atoms with Gasteiger partial charge in [-0.3, -0.25) is 0 Å². The molecule has 1 aliphatic carbocycles. The number of morpholine rings is 1. The molecule has 0 spiro atoms. The summed E-state index contributed by atoms with van der Waals surface area (Å²) in [4.78, 5) is 8.31. The van der Waals surface area contributed by atoms with E-state index in [0.717, 1.165) is 18.6 Å². The number of nitrogens with one attached hydrogen (secondary N) is 2. The standard InChI is InChI=1S/C18H20FN5O2/c1-8-2-3-10(9(19)4-8)24-17-15(20)18(22-7-21-17)26-13-5-11-16-14(13)12(23-11)6-25-16/h2-4,7,11-14,16,23H,5-6,20H2,1H3,(H,21,22,24). The molecule has 4 N–H and O–H groups in total. The monoisotopic (exact) mass is 357 g/mol. The van der Waals surface area contributed by atoms with Crippen LogP contribution in [0.4, 0.5) is 21.6 Å². The van der Waals surface area contributed by atoms with Crippen LogP contribution in [0.25, 0.3) is 0 Å². The molecule has 5 atom stereocenters. The van der Waals surface area contributed by atoms with Crippen LogP contribution in [0, 0.1) is 18.7 Å². The lowest BCUT2D eigenvalue weighted by Crippen LogP contribution is -2.46. The third-order valence-electron chi connectivity index (χ3n) is 5.54. The largest absolute Gasteiger partial charge is 0.472 e. The average Bonchev–Trinajstić information content (AvgIpc) is 3.28. The first-order valence-corrected chi connectivity index (χ1v) is 8.78. The first kappa shape index (κ1) is 15.8. The van der Waals surface area contributed by atoms with Crippen LogP contribution in [0.1, 0.15) is 12.0 Å². The summed E-state index contributed by atoms with van der Waals surface area (Å²) in [6.07, 6.45) is 2.47. The number of halogens is 1. The number of aromatic nitrogens is 2. The van der Waals surface area contributed by atoms with Crippen molar-refractivity contribution in [3.05, 3.63) is 35.9 Å². The number of rotatable bonds is 4. The van der Waals surface area contributed by atoms with Gasteiger partial charge in [0, 0.05) is 24.4 Å². The van der Waals surface area contributed by atoms with Gasteiger partial charge in [0.25, 0.3) is 0 Å². The molecular formula is C18H20FN5O2. The second-order valence-electron chi connectivity index (χ2n) is 7.20. The van der Waals surface area contributed by atoms with Gasteiger partial charge in [-0.15, -0.1) is 0 Å². The van der Waals surface area contributed by atoms with Crippen LogP contribution in [-0.4, -0.2) is 40.9 Å². The summed E-state index contributed by atoms with van der Waals surface area (Å²) < 4.78 is 26.0. The molecule has 136 valence electrons. The summed E-state index contributed by atoms with van der Waals surface area (Å²) in [7, 11) is 0. The van der Waals surface area contributed by atoms with Gasteiger partial charge in [-0.25, -0.2) is 9.37 Å². The van der Waals surface area contributed by atoms with Crippen LogP contribution >= 0.6 is 0 Å². The summed E-state index contributed by atoms with van der Waals surface area (Å²) >= 11 is 0. The van der Waals surface area contributed by atoms with Gasteiger partial charge in [-0.2, -0.15) is 4.98 Å². The highest BCUT2D eigenvalue weighted by atomic mass is 19.1. The minimum Gasteiger partial charge on any atom is -0.472 e. The van der Waals surface area contributed by atoms with Crippen molar-refractivity contribution in [2.24, 2.45) is 5.92 Å². The van der Waals surface area contributed by atoms with E-state index in [1.807, 2.05) is 13.0 Å². The molecule has 26 heavy (non-hydrogen) atoms. The number of anilines is 3. The van der Waals surface area contributed by atoms with Gasteiger partial charge in [0.15, 0.2) is 5.82 Å². The van der Waals surface area contributed by atoms with Crippen LogP contribution in [0.2, 0.25) is 0 Å². The zero-order valence-electron chi connectivity index (χ0n) is 14.3. The lowest BCUT2D eigenvalue weighted by molar-refractivity contribution is 0.0611. The minimum atomic E-state index is -0.363. The fourth-order valence-electron chi connectivity index (χ4n) is 4.35. The van der Waals surface area contributed by atoms with Crippen molar-refractivity contribution in [3.63, 3.8) is 0 Å². The highest BCUT2D eigenvalue weighted by Gasteiger charge is 2.59. The molecule has 3 aliphatic rings. The number of nitrogen functional groups attached to an aromatic ring is 1. The van der Waals surface area contributed by atoms with Crippen molar-refractivity contribution in [1.82, 2.24) is 15.3 Å². The van der Waals surface area contributed by atoms with Crippen LogP contribution in [-0.2, 0) is 4.74 Å². The average molecular weight is 357 g/mol. The quantitative estimate of drug-likeness (QED) is 0.767. The number of aryl methyl sites for hydroxylation is 1. The third-order valence-corrected chi connectivity index (χ3v) is 5.54. The van der Waals surface area contributed by atoms with Crippen LogP contribution in [0.15, 0.2) is 24.5 Å². The fraction of sp³-hybridized carbons (Fsp3) is 0.444. The maximum atomic E-state index is 14.1. The lowest BCUT2D eigenvalue weighted by atomic mass is 9.99. The molecule has 4 bridgehead atoms. The van der Waals surface area contributed by atoms with Crippen molar-refractivity contribution < 1.29 is 13.9 Å². The van der Waals surface area contributed by atoms with Crippen molar-refractivity contribution >= 4 is 17.2 Å². The van der Waals surface area contributed by atoms with Crippen molar-refractivity contribution in [2.75, 3.05) is 17.7 Å². The molecule has 0 radical (unpaired) electrons. The Bertz CT molecular complexity index is 863. The van der Waals surface area contributed by atoms with Crippen molar-refractivity contribution in [2.45, 2.75) is 37.6 Å². The summed E-state index contributed by atoms with van der Waals surface area (Å²) in [5.74, 6) is 0.615. The Morgan fingerprint density at radius 3 is 3.00 bits per heavy atom. The molecule has 5 rings (SSSR count). The molecule has 2 aliphatic heterocycles. The predicted molar refractivity (Wildman–Crippen MR) is 93.8 cm³/mol. The van der Waals surface area contributed by atoms with Gasteiger partial charge in [0.2, 0.25) is 5.88 Å². The number of ether oxygens (including phenoxy) is 2. The molecule has 1 saturated carbocycles. The Balaban J connectivity index is 1.37. The van der Waals surface area contributed by atoms with E-state index in [0.29, 0.717) is 35.4 Å². The first-order valence-electron chi connectivity index (χ1n) is 8.78. The maximum Gasteiger partial charge on any atom is 0.242 e. The molecule has 8 heteroatoms. The Hall–Kier alpha value is -2.45. The maximum absolute atomic E-state index is 14.1. The Labute approximate surface area is 150 Å². The smallest absolute Gasteiger partial charge is 0.242 e. The summed E-state index contributed by atoms with van der Waals surface area (Å²) in [6.45, 7) is 2.56. The Kier molecular flexibility index (Phi) is 3.51. The lowest BCUT2D eigenvalue weighted by Gasteiger charge is -2.28. The number of benzene rings is 1. The third kappa shape index (κ3) is 2.40. The Morgan fingerprint density at radius 1 is 1.35 bits per heavy atom. The highest BCUT2D eigenvalue weighted by Crippen LogP contribution is 2.45. The van der Waals surface area contributed by atoms with E-state index in [2.05, 4.69) is 20.6 Å². The number of nitrogens with zero attached hydrogens (tertiary/aromatic N) is 2. The zero-order valence-corrected chi connectivity index (χ0v) is 14.3. The van der Waals surface area contributed by atoms with Gasteiger partial charge < -0.3 is 25.8 Å². The molecule has 1 aromatic carbocycles. The SMILES string of the molecule is Cc1ccc(Nc2ncnc(OC3CC4NC5COC4C53)c2N)c(F)c1. The van der Waals surface area contributed by atoms with Gasteiger partial charge in [-0.1, -0.05) is 6.07 Å². The summed E-state index contributed by atoms with van der Waals surface area (Å²) in [6, 6.07) is 5.61. The van der Waals surface area contributed by atoms with Crippen molar-refractivity contribution in [1.29, 1.82) is 0 Å². The van der Waals surface area contributed by atoms with Crippen LogP contribution in [0.3, 0.4) is 0 Å². The Morgan fingerprint density at radius 2 is 2.23 bits per heavy atom. The van der Waals surface area contributed by atoms with Crippen LogP contribution in [0.5, 0.6) is 5.88 Å². The van der Waals surface area contributed by atoms with Gasteiger partial charge in [0.1, 0.15) is 23.9 Å². The molecule has 5 unspecified atom stereocenters. The minimum absolute atomic E-state index is 0.0138. The number of hydrogen-bond donors (Lipinski definition) is 3. The van der Waals surface area contributed by atoms with Gasteiger partial charge >= 0.3 is 0 Å². The first-order chi connectivity index (χ1) is 12.6. The molecule has 0 amide bonds. The van der Waals surface area contributed by atoms with E-state index in [9.17, 15) is 4.39 Å². The molecule has 1 aromatic heterocycles. The fourth-order valence-corrected chi connectivity index (χ4v) is 4.35. The highest BCUT2D eigenvalue weighted by molar-refractivity contribution is 5.72. The summed E-state index contributed by atoms with van der Waals surface area (Å²) in [5.41, 5.74) is 7.61. The number of piperidine rings is 1. The predicted octanol–water partition coefficient (Wildman–Crippen LogP) is 1.76. The normalized spacial score (nSPS) is 31.4. The molecule has 2 aromatic rings. The van der Waals surface area contributed by atoms with E-state index in [1.54, 1.807) is 6.07 Å². The van der Waals surface area contributed by atoms with E-state index in [4.69, 9.17) is 15.2 Å². The molecule has 2 saturated heterocycles. The second-order valence-corrected chi connectivity index (χ2v) is 7.20. The van der Waals surface area contributed by atoms with E-state index < -0.39 is 0 Å². The van der Waals surface area contributed by atoms with E-state index in [1.165, 1.54) is 12.4 Å². The van der Waals surface area contributed by atoms with Gasteiger partial charge in [0.05, 0.1) is 18.4 Å². The van der Waals surface area contributed by atoms with E-state index in [-0.39, 0.29) is 23.7 Å². The topological polar surface area (TPSA) is 94.3 Å².